The molecule has 1 amide bonds. The Kier molecular flexibility index (Phi) is 9.34. The van der Waals surface area contributed by atoms with Gasteiger partial charge in [0.1, 0.15) is 24.1 Å². The molecule has 1 aromatic heterocycles. The van der Waals surface area contributed by atoms with Crippen LogP contribution in [0.4, 0.5) is 5.82 Å². The van der Waals surface area contributed by atoms with Crippen molar-refractivity contribution in [3.05, 3.63) is 17.2 Å². The van der Waals surface area contributed by atoms with Crippen molar-refractivity contribution in [1.29, 1.82) is 0 Å². The topological polar surface area (TPSA) is 309 Å². The first-order chi connectivity index (χ1) is 12.7. The number of aliphatic hydroxyl groups is 3. The highest BCUT2D eigenvalue weighted by atomic mass is 16.6. The number of aromatic nitrogens is 2. The maximum absolute atomic E-state index is 12.2. The molecule has 0 radical (unpaired) electrons. The Morgan fingerprint density at radius 2 is 2.03 bits per heavy atom. The Morgan fingerprint density at radius 3 is 2.52 bits per heavy atom. The highest BCUT2D eigenvalue weighted by molar-refractivity contribution is 5.98. The summed E-state index contributed by atoms with van der Waals surface area (Å²) in [4.78, 5) is 26.7. The molecule has 0 aromatic carbocycles. The number of rotatable bonds is 7. The average molecular weight is 424 g/mol. The number of carbonyl (C=O) groups excluding carboxylic acids is 1. The fourth-order valence-electron chi connectivity index (χ4n) is 2.46. The van der Waals surface area contributed by atoms with Crippen molar-refractivity contribution in [1.82, 2.24) is 27.2 Å². The van der Waals surface area contributed by atoms with Crippen LogP contribution in [0.1, 0.15) is 16.7 Å². The number of carboxylic acids is 1. The maximum Gasteiger partial charge on any atom is 0.333 e. The molecular formula is C12H24N8O9. The van der Waals surface area contributed by atoms with Crippen LogP contribution in [0.15, 0.2) is 11.6 Å². The van der Waals surface area contributed by atoms with E-state index in [1.54, 1.807) is 0 Å². The zero-order valence-corrected chi connectivity index (χ0v) is 15.0. The number of anilines is 1. The molecule has 1 aliphatic rings. The molecule has 0 aliphatic carbocycles. The van der Waals surface area contributed by atoms with Gasteiger partial charge in [-0.15, -0.1) is 0 Å². The molecule has 2 heterocycles. The minimum Gasteiger partial charge on any atom is -0.597 e. The summed E-state index contributed by atoms with van der Waals surface area (Å²) in [6.45, 7) is -1.45. The Morgan fingerprint density at radius 1 is 1.41 bits per heavy atom. The second-order valence-corrected chi connectivity index (χ2v) is 5.60. The fourth-order valence-corrected chi connectivity index (χ4v) is 2.46. The number of amides is 1. The number of carboxylic acid groups (broad SMARTS) is 1. The number of nitrogens with zero attached hydrogens (tertiary/aromatic N) is 4. The van der Waals surface area contributed by atoms with Crippen molar-refractivity contribution >= 4 is 17.7 Å². The monoisotopic (exact) mass is 424 g/mol. The van der Waals surface area contributed by atoms with E-state index in [2.05, 4.69) is 10.3 Å². The highest BCUT2D eigenvalue weighted by Crippen LogP contribution is 2.31. The van der Waals surface area contributed by atoms with Crippen molar-refractivity contribution in [2.75, 3.05) is 18.9 Å². The molecule has 29 heavy (non-hydrogen) atoms. The van der Waals surface area contributed by atoms with Gasteiger partial charge in [0, 0.05) is 0 Å². The Hall–Kier alpha value is -3.09. The van der Waals surface area contributed by atoms with E-state index in [4.69, 9.17) is 25.9 Å². The van der Waals surface area contributed by atoms with E-state index in [9.17, 15) is 25.0 Å². The predicted molar refractivity (Wildman–Crippen MR) is 91.3 cm³/mol. The minimum absolute atomic E-state index is 0. The Labute approximate surface area is 162 Å². The minimum atomic E-state index is -1.73. The summed E-state index contributed by atoms with van der Waals surface area (Å²) in [5, 5.41) is 61.3. The van der Waals surface area contributed by atoms with E-state index in [1.165, 1.54) is 0 Å². The first kappa shape index (κ1) is 25.9. The maximum atomic E-state index is 12.2. The Balaban J connectivity index is 0.00000392. The summed E-state index contributed by atoms with van der Waals surface area (Å²) in [6, 6.07) is -1.73. The number of hydrogen-bond donors (Lipinski definition) is 9. The van der Waals surface area contributed by atoms with Crippen molar-refractivity contribution in [2.24, 2.45) is 5.28 Å². The van der Waals surface area contributed by atoms with Gasteiger partial charge in [-0.3, -0.25) is 9.36 Å². The summed E-state index contributed by atoms with van der Waals surface area (Å²) in [5.74, 6) is -2.96. The summed E-state index contributed by atoms with van der Waals surface area (Å²) in [6.07, 6.45) is -4.18. The predicted octanol–water partition coefficient (Wildman–Crippen LogP) is -3.06. The lowest BCUT2D eigenvalue weighted by molar-refractivity contribution is -0.556. The first-order valence-corrected chi connectivity index (χ1v) is 7.49. The molecule has 17 nitrogen and oxygen atoms in total. The summed E-state index contributed by atoms with van der Waals surface area (Å²) < 4.78 is 6.29. The molecule has 1 unspecified atom stereocenters. The SMILES string of the molecule is N.N.Nc1c(C(=O)NC(C[N+]([O-])=NO)C(=O)O)ncn1[C@@H]1O[C@H](CO)[C@@H](O)[C@H]1O. The molecular weight excluding hydrogens is 400 g/mol. The second-order valence-electron chi connectivity index (χ2n) is 5.60. The lowest BCUT2D eigenvalue weighted by atomic mass is 10.1. The molecule has 17 heteroatoms. The van der Waals surface area contributed by atoms with Crippen LogP contribution in [0.2, 0.25) is 0 Å². The number of nitrogen functional groups attached to an aromatic ring is 1. The van der Waals surface area contributed by atoms with E-state index in [-0.39, 0.29) is 23.0 Å². The standard InChI is InChI=1S/C12H18N6O9.2H3N/c13-9-6(10(22)15-4(12(23)24)1-18(26)16-25)14-3-17(9)11-8(21)7(20)5(2-19)27-11;;/h3-5,7-8,11,19-21,25H,1-2,13H2,(H,15,22)(H,23,24);2*1H3/t4?,5-,7-,8-,11-;;/m1../s1. The van der Waals surface area contributed by atoms with Gasteiger partial charge < -0.3 is 58.9 Å². The molecule has 166 valence electrons. The number of aliphatic hydroxyl groups excluding tert-OH is 3. The highest BCUT2D eigenvalue weighted by Gasteiger charge is 2.44. The third-order valence-electron chi connectivity index (χ3n) is 3.88. The molecule has 1 aromatic rings. The second kappa shape index (κ2) is 10.5. The normalized spacial score (nSPS) is 24.9. The van der Waals surface area contributed by atoms with Crippen molar-refractivity contribution in [2.45, 2.75) is 30.6 Å². The molecule has 14 N–H and O–H groups in total. The van der Waals surface area contributed by atoms with Crippen LogP contribution in [-0.4, -0.2) is 89.4 Å². The molecule has 0 bridgehead atoms. The Bertz CT molecular complexity index is 741. The number of hydroxylamine groups is 1. The number of hydrogen-bond acceptors (Lipinski definition) is 12. The van der Waals surface area contributed by atoms with Gasteiger partial charge in [-0.1, -0.05) is 4.86 Å². The van der Waals surface area contributed by atoms with Gasteiger partial charge in [0.25, 0.3) is 5.91 Å². The largest absolute Gasteiger partial charge is 0.597 e. The first-order valence-electron chi connectivity index (χ1n) is 7.49. The molecule has 1 fully saturated rings. The fraction of sp³-hybridized carbons (Fsp3) is 0.583. The third-order valence-corrected chi connectivity index (χ3v) is 3.88. The number of carbonyl (C=O) groups is 2. The number of imidazole rings is 1. The van der Waals surface area contributed by atoms with Gasteiger partial charge in [0.2, 0.25) is 6.54 Å². The summed E-state index contributed by atoms with van der Waals surface area (Å²) in [5.41, 5.74) is 5.35. The molecule has 1 aliphatic heterocycles. The lowest BCUT2D eigenvalue weighted by Crippen LogP contribution is -2.45. The van der Waals surface area contributed by atoms with E-state index in [0.717, 1.165) is 10.9 Å². The van der Waals surface area contributed by atoms with Crippen LogP contribution >= 0.6 is 0 Å². The van der Waals surface area contributed by atoms with Crippen LogP contribution < -0.4 is 23.4 Å². The van der Waals surface area contributed by atoms with Crippen LogP contribution in [-0.2, 0) is 9.53 Å². The number of aliphatic carboxylic acids is 1. The zero-order valence-electron chi connectivity index (χ0n) is 15.0. The smallest absolute Gasteiger partial charge is 0.333 e. The average Bonchev–Trinajstić information content (AvgIpc) is 3.14. The molecule has 5 atom stereocenters. The van der Waals surface area contributed by atoms with Gasteiger partial charge in [-0.25, -0.2) is 9.78 Å². The number of nitrogens with two attached hydrogens (primary N) is 1. The van der Waals surface area contributed by atoms with Crippen molar-refractivity contribution in [3.63, 3.8) is 0 Å². The van der Waals surface area contributed by atoms with E-state index < -0.39 is 61.3 Å². The number of nitrogens with one attached hydrogen (secondary N) is 1. The number of ether oxygens (including phenoxy) is 1. The van der Waals surface area contributed by atoms with Crippen LogP contribution in [0.3, 0.4) is 0 Å². The quantitative estimate of drug-likeness (QED) is 0.119. The van der Waals surface area contributed by atoms with Gasteiger partial charge in [0.05, 0.1) is 12.9 Å². The van der Waals surface area contributed by atoms with Gasteiger partial charge in [0.15, 0.2) is 23.2 Å². The van der Waals surface area contributed by atoms with Crippen LogP contribution in [0, 0.1) is 5.21 Å². The lowest BCUT2D eigenvalue weighted by Gasteiger charge is -2.17. The summed E-state index contributed by atoms with van der Waals surface area (Å²) >= 11 is 0. The van der Waals surface area contributed by atoms with Gasteiger partial charge >= 0.3 is 5.97 Å². The molecule has 0 saturated carbocycles. The van der Waals surface area contributed by atoms with Crippen molar-refractivity contribution in [3.8, 4) is 0 Å². The summed E-state index contributed by atoms with van der Waals surface area (Å²) in [7, 11) is 0. The van der Waals surface area contributed by atoms with Gasteiger partial charge in [-0.05, 0) is 0 Å². The van der Waals surface area contributed by atoms with Crippen LogP contribution in [0.25, 0.3) is 0 Å². The van der Waals surface area contributed by atoms with Crippen LogP contribution in [0.5, 0.6) is 0 Å². The van der Waals surface area contributed by atoms with E-state index >= 15 is 0 Å². The third kappa shape index (κ3) is 5.25. The molecule has 1 saturated heterocycles. The molecule has 2 rings (SSSR count). The van der Waals surface area contributed by atoms with Crippen molar-refractivity contribution < 1.29 is 44.8 Å². The molecule has 0 spiro atoms. The zero-order chi connectivity index (χ0) is 20.3. The van der Waals surface area contributed by atoms with Gasteiger partial charge in [-0.2, -0.15) is 0 Å². The van der Waals surface area contributed by atoms with E-state index in [1.807, 2.05) is 5.32 Å². The van der Waals surface area contributed by atoms with E-state index in [0.29, 0.717) is 0 Å².